The maximum absolute atomic E-state index is 12.1. The van der Waals surface area contributed by atoms with E-state index in [1.807, 2.05) is 12.1 Å². The van der Waals surface area contributed by atoms with Gasteiger partial charge in [-0.2, -0.15) is 0 Å². The van der Waals surface area contributed by atoms with Gasteiger partial charge in [0.1, 0.15) is 5.76 Å². The summed E-state index contributed by atoms with van der Waals surface area (Å²) < 4.78 is 5.98. The van der Waals surface area contributed by atoms with Gasteiger partial charge in [0.25, 0.3) is 0 Å². The minimum absolute atomic E-state index is 0.0342. The number of hydrogen-bond acceptors (Lipinski definition) is 7. The molecule has 0 unspecified atom stereocenters. The van der Waals surface area contributed by atoms with E-state index in [-0.39, 0.29) is 5.78 Å². The molecule has 0 spiro atoms. The molecular weight excluding hydrogens is 354 g/mol. The molecule has 0 saturated carbocycles. The summed E-state index contributed by atoms with van der Waals surface area (Å²) in [6.07, 6.45) is 1.63. The molecule has 8 heteroatoms. The zero-order valence-corrected chi connectivity index (χ0v) is 14.2. The molecule has 0 bridgehead atoms. The van der Waals surface area contributed by atoms with E-state index in [2.05, 4.69) is 15.5 Å². The molecule has 1 aromatic carbocycles. The summed E-state index contributed by atoms with van der Waals surface area (Å²) in [5.41, 5.74) is 0.641. The van der Waals surface area contributed by atoms with Crippen LogP contribution >= 0.6 is 34.7 Å². The van der Waals surface area contributed by atoms with Gasteiger partial charge >= 0.3 is 0 Å². The zero-order chi connectivity index (χ0) is 16.1. The normalized spacial score (nSPS) is 10.7. The molecule has 1 N–H and O–H groups in total. The number of benzene rings is 1. The van der Waals surface area contributed by atoms with Gasteiger partial charge in [-0.15, -0.1) is 10.2 Å². The average molecular weight is 366 g/mol. The third-order valence-electron chi connectivity index (χ3n) is 2.89. The molecule has 23 heavy (non-hydrogen) atoms. The highest BCUT2D eigenvalue weighted by Crippen LogP contribution is 2.26. The van der Waals surface area contributed by atoms with Gasteiger partial charge < -0.3 is 9.73 Å². The zero-order valence-electron chi connectivity index (χ0n) is 11.9. The fourth-order valence-corrected chi connectivity index (χ4v) is 3.53. The number of anilines is 1. The van der Waals surface area contributed by atoms with Gasteiger partial charge in [0.05, 0.1) is 18.6 Å². The number of ketones is 1. The van der Waals surface area contributed by atoms with Crippen molar-refractivity contribution in [3.8, 4) is 0 Å². The van der Waals surface area contributed by atoms with Crippen LogP contribution in [-0.2, 0) is 6.54 Å². The Kier molecular flexibility index (Phi) is 5.32. The van der Waals surface area contributed by atoms with Gasteiger partial charge in [0, 0.05) is 10.6 Å². The lowest BCUT2D eigenvalue weighted by molar-refractivity contribution is 0.102. The molecule has 5 nitrogen and oxygen atoms in total. The van der Waals surface area contributed by atoms with Crippen molar-refractivity contribution in [1.82, 2.24) is 10.2 Å². The summed E-state index contributed by atoms with van der Waals surface area (Å²) in [5.74, 6) is 1.17. The van der Waals surface area contributed by atoms with Crippen molar-refractivity contribution in [2.75, 3.05) is 11.1 Å². The molecule has 0 aliphatic carbocycles. The van der Waals surface area contributed by atoms with Crippen LogP contribution in [0.15, 0.2) is 51.4 Å². The SMILES string of the molecule is O=C(CSc1nnc(NCc2ccco2)s1)c1ccc(Cl)cc1. The van der Waals surface area contributed by atoms with Crippen LogP contribution in [-0.4, -0.2) is 21.7 Å². The summed E-state index contributed by atoms with van der Waals surface area (Å²) in [7, 11) is 0. The van der Waals surface area contributed by atoms with Crippen LogP contribution in [0.25, 0.3) is 0 Å². The van der Waals surface area contributed by atoms with Crippen molar-refractivity contribution in [3.63, 3.8) is 0 Å². The molecule has 118 valence electrons. The molecule has 0 amide bonds. The minimum Gasteiger partial charge on any atom is -0.467 e. The summed E-state index contributed by atoms with van der Waals surface area (Å²) in [6.45, 7) is 0.552. The van der Waals surface area contributed by atoms with Gasteiger partial charge in [0.15, 0.2) is 10.1 Å². The van der Waals surface area contributed by atoms with Crippen LogP contribution in [0, 0.1) is 0 Å². The average Bonchev–Trinajstić information content (AvgIpc) is 3.23. The van der Waals surface area contributed by atoms with Crippen molar-refractivity contribution in [3.05, 3.63) is 59.0 Å². The predicted octanol–water partition coefficient (Wildman–Crippen LogP) is 4.37. The molecule has 0 aliphatic rings. The molecule has 2 heterocycles. The van der Waals surface area contributed by atoms with Crippen molar-refractivity contribution < 1.29 is 9.21 Å². The largest absolute Gasteiger partial charge is 0.467 e. The summed E-state index contributed by atoms with van der Waals surface area (Å²) in [4.78, 5) is 12.1. The Morgan fingerprint density at radius 1 is 1.26 bits per heavy atom. The Morgan fingerprint density at radius 2 is 2.09 bits per heavy atom. The van der Waals surface area contributed by atoms with E-state index < -0.39 is 0 Å². The van der Waals surface area contributed by atoms with Gasteiger partial charge in [-0.3, -0.25) is 4.79 Å². The Labute approximate surface area is 146 Å². The van der Waals surface area contributed by atoms with E-state index in [0.717, 1.165) is 10.1 Å². The van der Waals surface area contributed by atoms with E-state index in [4.69, 9.17) is 16.0 Å². The van der Waals surface area contributed by atoms with Crippen LogP contribution in [0.5, 0.6) is 0 Å². The number of nitrogens with one attached hydrogen (secondary N) is 1. The Morgan fingerprint density at radius 3 is 2.83 bits per heavy atom. The van der Waals surface area contributed by atoms with E-state index in [1.54, 1.807) is 30.5 Å². The number of thioether (sulfide) groups is 1. The molecule has 0 fully saturated rings. The van der Waals surface area contributed by atoms with Crippen LogP contribution in [0.1, 0.15) is 16.1 Å². The Hall–Kier alpha value is -1.83. The number of furan rings is 1. The van der Waals surface area contributed by atoms with E-state index in [1.165, 1.54) is 23.1 Å². The number of hydrogen-bond donors (Lipinski definition) is 1. The second-order valence-corrected chi connectivity index (χ2v) is 7.16. The van der Waals surface area contributed by atoms with E-state index in [9.17, 15) is 4.79 Å². The number of carbonyl (C=O) groups excluding carboxylic acids is 1. The number of Topliss-reactive ketones (excluding diaryl/α,β-unsaturated/α-hetero) is 1. The molecule has 3 aromatic rings. The lowest BCUT2D eigenvalue weighted by Gasteiger charge is -1.99. The first kappa shape index (κ1) is 16.0. The molecule has 0 saturated heterocycles. The number of carbonyl (C=O) groups is 1. The molecule has 2 aromatic heterocycles. The lowest BCUT2D eigenvalue weighted by Crippen LogP contribution is -2.01. The van der Waals surface area contributed by atoms with Crippen LogP contribution in [0.3, 0.4) is 0 Å². The first-order valence-corrected chi connectivity index (χ1v) is 8.90. The molecule has 0 atom stereocenters. The maximum Gasteiger partial charge on any atom is 0.206 e. The minimum atomic E-state index is 0.0342. The van der Waals surface area contributed by atoms with Crippen molar-refractivity contribution in [2.45, 2.75) is 10.9 Å². The lowest BCUT2D eigenvalue weighted by atomic mass is 10.1. The highest BCUT2D eigenvalue weighted by molar-refractivity contribution is 8.01. The predicted molar refractivity (Wildman–Crippen MR) is 92.5 cm³/mol. The van der Waals surface area contributed by atoms with Crippen LogP contribution in [0.2, 0.25) is 5.02 Å². The molecule has 0 radical (unpaired) electrons. The van der Waals surface area contributed by atoms with Gasteiger partial charge in [0.2, 0.25) is 5.13 Å². The van der Waals surface area contributed by atoms with Crippen molar-refractivity contribution >= 4 is 45.6 Å². The van der Waals surface area contributed by atoms with E-state index >= 15 is 0 Å². The first-order chi connectivity index (χ1) is 11.2. The van der Waals surface area contributed by atoms with Crippen molar-refractivity contribution in [1.29, 1.82) is 0 Å². The quantitative estimate of drug-likeness (QED) is 0.495. The molecule has 3 rings (SSSR count). The van der Waals surface area contributed by atoms with Crippen molar-refractivity contribution in [2.24, 2.45) is 0 Å². The smallest absolute Gasteiger partial charge is 0.206 e. The number of nitrogens with zero attached hydrogens (tertiary/aromatic N) is 2. The van der Waals surface area contributed by atoms with Gasteiger partial charge in [-0.05, 0) is 36.4 Å². The van der Waals surface area contributed by atoms with Gasteiger partial charge in [-0.1, -0.05) is 34.7 Å². The van der Waals surface area contributed by atoms with Crippen LogP contribution < -0.4 is 5.32 Å². The van der Waals surface area contributed by atoms with Crippen LogP contribution in [0.4, 0.5) is 5.13 Å². The first-order valence-electron chi connectivity index (χ1n) is 6.72. The highest BCUT2D eigenvalue weighted by atomic mass is 35.5. The topological polar surface area (TPSA) is 68.0 Å². The summed E-state index contributed by atoms with van der Waals surface area (Å²) >= 11 is 8.59. The maximum atomic E-state index is 12.1. The van der Waals surface area contributed by atoms with E-state index in [0.29, 0.717) is 28.0 Å². The summed E-state index contributed by atoms with van der Waals surface area (Å²) in [5, 5.41) is 12.5. The summed E-state index contributed by atoms with van der Waals surface area (Å²) in [6, 6.07) is 10.6. The third-order valence-corrected chi connectivity index (χ3v) is 5.16. The number of aromatic nitrogens is 2. The number of rotatable bonds is 7. The standard InChI is InChI=1S/C15H12ClN3O2S2/c16-11-5-3-10(4-6-11)13(20)9-22-15-19-18-14(23-15)17-8-12-2-1-7-21-12/h1-7H,8-9H2,(H,17,18). The molecular formula is C15H12ClN3O2S2. The fourth-order valence-electron chi connectivity index (χ4n) is 1.76. The molecule has 0 aliphatic heterocycles. The Balaban J connectivity index is 1.50. The van der Waals surface area contributed by atoms with Gasteiger partial charge in [-0.25, -0.2) is 0 Å². The second kappa shape index (κ2) is 7.63. The third kappa shape index (κ3) is 4.57. The second-order valence-electron chi connectivity index (χ2n) is 4.52. The monoisotopic (exact) mass is 365 g/mol. The number of halogens is 1. The Bertz CT molecular complexity index is 772. The highest BCUT2D eigenvalue weighted by Gasteiger charge is 2.10. The fraction of sp³-hybridized carbons (Fsp3) is 0.133.